The van der Waals surface area contributed by atoms with Crippen molar-refractivity contribution in [2.75, 3.05) is 6.61 Å². The molecule has 4 nitrogen and oxygen atoms in total. The van der Waals surface area contributed by atoms with Crippen LogP contribution in [0.3, 0.4) is 0 Å². The van der Waals surface area contributed by atoms with Gasteiger partial charge in [-0.05, 0) is 37.0 Å². The minimum Gasteiger partial charge on any atom is -0.488 e. The van der Waals surface area contributed by atoms with Gasteiger partial charge in [-0.15, -0.1) is 0 Å². The second-order valence-corrected chi connectivity index (χ2v) is 7.53. The first-order valence-corrected chi connectivity index (χ1v) is 8.63. The van der Waals surface area contributed by atoms with Gasteiger partial charge in [0, 0.05) is 0 Å². The summed E-state index contributed by atoms with van der Waals surface area (Å²) in [6, 6.07) is 5.07. The number of benzene rings is 1. The molecule has 0 fully saturated rings. The van der Waals surface area contributed by atoms with E-state index in [1.165, 1.54) is 0 Å². The van der Waals surface area contributed by atoms with Crippen LogP contribution in [0.5, 0.6) is 5.75 Å². The number of aliphatic hydroxyl groups excluding tert-OH is 1. The second kappa shape index (κ2) is 5.66. The van der Waals surface area contributed by atoms with Gasteiger partial charge in [0.1, 0.15) is 11.9 Å². The van der Waals surface area contributed by atoms with Gasteiger partial charge < -0.3 is 9.84 Å². The minimum absolute atomic E-state index is 0.0490. The Kier molecular flexibility index (Phi) is 3.87. The highest BCUT2D eigenvalue weighted by atomic mass is 32.2. The molecular weight excluding hydrogens is 288 g/mol. The molecule has 0 spiro atoms. The van der Waals surface area contributed by atoms with Crippen molar-refractivity contribution < 1.29 is 18.3 Å². The quantitative estimate of drug-likeness (QED) is 0.928. The highest BCUT2D eigenvalue weighted by Crippen LogP contribution is 2.32. The topological polar surface area (TPSA) is 63.6 Å². The van der Waals surface area contributed by atoms with Crippen LogP contribution in [-0.2, 0) is 16.3 Å². The van der Waals surface area contributed by atoms with Gasteiger partial charge in [0.15, 0.2) is 9.84 Å². The molecule has 0 saturated heterocycles. The average Bonchev–Trinajstić information content (AvgIpc) is 2.54. The molecule has 0 amide bonds. The number of fused-ring (bicyclic) bond motifs is 1. The molecule has 112 valence electrons. The van der Waals surface area contributed by atoms with Crippen molar-refractivity contribution in [3.05, 3.63) is 48.1 Å². The SMILES string of the molecule is O=S(=O)(c1ccc2c(c1)O[C@@H](CO)CC2)C1C=CC=CC1. The fourth-order valence-electron chi connectivity index (χ4n) is 2.67. The van der Waals surface area contributed by atoms with E-state index >= 15 is 0 Å². The van der Waals surface area contributed by atoms with Gasteiger partial charge >= 0.3 is 0 Å². The van der Waals surface area contributed by atoms with E-state index in [-0.39, 0.29) is 17.6 Å². The van der Waals surface area contributed by atoms with Gasteiger partial charge in [0.05, 0.1) is 16.8 Å². The lowest BCUT2D eigenvalue weighted by Crippen LogP contribution is -2.26. The largest absolute Gasteiger partial charge is 0.488 e. The van der Waals surface area contributed by atoms with Crippen LogP contribution in [0, 0.1) is 0 Å². The standard InChI is InChI=1S/C16H18O4S/c17-11-13-8-6-12-7-9-15(10-16(12)20-13)21(18,19)14-4-2-1-3-5-14/h1-4,7,9-10,13-14,17H,5-6,8,11H2/t13-,14?/m1/s1. The monoisotopic (exact) mass is 306 g/mol. The van der Waals surface area contributed by atoms with Crippen LogP contribution in [0.1, 0.15) is 18.4 Å². The van der Waals surface area contributed by atoms with Crippen LogP contribution in [0.25, 0.3) is 0 Å². The molecule has 1 aromatic carbocycles. The minimum atomic E-state index is -3.40. The first kappa shape index (κ1) is 14.4. The Morgan fingerprint density at radius 1 is 1.29 bits per heavy atom. The lowest BCUT2D eigenvalue weighted by atomic mass is 10.0. The Bertz CT molecular complexity index is 688. The number of ether oxygens (including phenoxy) is 1. The predicted molar refractivity (Wildman–Crippen MR) is 80.1 cm³/mol. The second-order valence-electron chi connectivity index (χ2n) is 5.36. The average molecular weight is 306 g/mol. The lowest BCUT2D eigenvalue weighted by Gasteiger charge is -2.25. The van der Waals surface area contributed by atoms with Crippen LogP contribution in [0.15, 0.2) is 47.4 Å². The smallest absolute Gasteiger partial charge is 0.185 e. The van der Waals surface area contributed by atoms with Crippen LogP contribution in [-0.4, -0.2) is 31.5 Å². The maximum Gasteiger partial charge on any atom is 0.185 e. The highest BCUT2D eigenvalue weighted by Gasteiger charge is 2.27. The molecule has 1 aliphatic heterocycles. The summed E-state index contributed by atoms with van der Waals surface area (Å²) >= 11 is 0. The molecule has 21 heavy (non-hydrogen) atoms. The summed E-state index contributed by atoms with van der Waals surface area (Å²) in [5.41, 5.74) is 0.998. The highest BCUT2D eigenvalue weighted by molar-refractivity contribution is 7.92. The van der Waals surface area contributed by atoms with Gasteiger partial charge in [0.25, 0.3) is 0 Å². The van der Waals surface area contributed by atoms with Gasteiger partial charge in [-0.2, -0.15) is 0 Å². The molecule has 1 aliphatic carbocycles. The molecule has 0 aromatic heterocycles. The molecule has 1 unspecified atom stereocenters. The summed E-state index contributed by atoms with van der Waals surface area (Å²) in [6.07, 6.45) is 9.00. The molecule has 1 heterocycles. The van der Waals surface area contributed by atoms with Gasteiger partial charge in [-0.3, -0.25) is 0 Å². The zero-order chi connectivity index (χ0) is 14.9. The van der Waals surface area contributed by atoms with Crippen LogP contribution >= 0.6 is 0 Å². The van der Waals surface area contributed by atoms with Crippen LogP contribution < -0.4 is 4.74 Å². The summed E-state index contributed by atoms with van der Waals surface area (Å²) < 4.78 is 30.9. The molecule has 2 atom stereocenters. The first-order valence-electron chi connectivity index (χ1n) is 7.09. The van der Waals surface area contributed by atoms with Crippen molar-refractivity contribution in [2.45, 2.75) is 35.5 Å². The zero-order valence-corrected chi connectivity index (χ0v) is 12.4. The maximum atomic E-state index is 12.6. The number of allylic oxidation sites excluding steroid dienone is 3. The third-order valence-corrected chi connectivity index (χ3v) is 6.00. The molecule has 1 N–H and O–H groups in total. The Hall–Kier alpha value is -1.59. The summed E-state index contributed by atoms with van der Waals surface area (Å²) in [5.74, 6) is 0.580. The van der Waals surface area contributed by atoms with E-state index in [9.17, 15) is 13.5 Å². The van der Waals surface area contributed by atoms with Crippen LogP contribution in [0.2, 0.25) is 0 Å². The lowest BCUT2D eigenvalue weighted by molar-refractivity contribution is 0.0975. The molecule has 5 heteroatoms. The normalized spacial score (nSPS) is 24.4. The van der Waals surface area contributed by atoms with E-state index < -0.39 is 15.1 Å². The van der Waals surface area contributed by atoms with Gasteiger partial charge in [0.2, 0.25) is 0 Å². The van der Waals surface area contributed by atoms with E-state index in [0.29, 0.717) is 12.2 Å². The van der Waals surface area contributed by atoms with E-state index in [1.807, 2.05) is 18.2 Å². The Morgan fingerprint density at radius 2 is 2.14 bits per heavy atom. The molecule has 1 aromatic rings. The van der Waals surface area contributed by atoms with Crippen molar-refractivity contribution in [1.29, 1.82) is 0 Å². The molecule has 0 radical (unpaired) electrons. The Labute approximate surface area is 124 Å². The Balaban J connectivity index is 1.93. The number of hydrogen-bond donors (Lipinski definition) is 1. The summed E-state index contributed by atoms with van der Waals surface area (Å²) in [7, 11) is -3.40. The maximum absolute atomic E-state index is 12.6. The van der Waals surface area contributed by atoms with Crippen molar-refractivity contribution in [3.8, 4) is 5.75 Å². The van der Waals surface area contributed by atoms with E-state index in [4.69, 9.17) is 4.74 Å². The van der Waals surface area contributed by atoms with Gasteiger partial charge in [-0.1, -0.05) is 30.4 Å². The molecule has 2 aliphatic rings. The zero-order valence-electron chi connectivity index (χ0n) is 11.6. The third-order valence-electron chi connectivity index (χ3n) is 3.94. The van der Waals surface area contributed by atoms with E-state index in [0.717, 1.165) is 18.4 Å². The summed E-state index contributed by atoms with van der Waals surface area (Å²) in [6.45, 7) is -0.0490. The number of rotatable bonds is 3. The molecular formula is C16H18O4S. The van der Waals surface area contributed by atoms with E-state index in [2.05, 4.69) is 0 Å². The Morgan fingerprint density at radius 3 is 2.86 bits per heavy atom. The van der Waals surface area contributed by atoms with E-state index in [1.54, 1.807) is 24.3 Å². The van der Waals surface area contributed by atoms with Crippen LogP contribution in [0.4, 0.5) is 0 Å². The van der Waals surface area contributed by atoms with Crippen molar-refractivity contribution in [3.63, 3.8) is 0 Å². The van der Waals surface area contributed by atoms with Crippen molar-refractivity contribution >= 4 is 9.84 Å². The summed E-state index contributed by atoms with van der Waals surface area (Å²) in [4.78, 5) is 0.282. The fourth-order valence-corrected chi connectivity index (χ4v) is 4.22. The molecule has 0 bridgehead atoms. The third kappa shape index (κ3) is 2.76. The van der Waals surface area contributed by atoms with Crippen molar-refractivity contribution in [2.24, 2.45) is 0 Å². The summed E-state index contributed by atoms with van der Waals surface area (Å²) in [5, 5.41) is 8.67. The first-order chi connectivity index (χ1) is 10.1. The van der Waals surface area contributed by atoms with Crippen molar-refractivity contribution in [1.82, 2.24) is 0 Å². The fraction of sp³-hybridized carbons (Fsp3) is 0.375. The van der Waals surface area contributed by atoms with Gasteiger partial charge in [-0.25, -0.2) is 8.42 Å². The number of sulfone groups is 1. The number of aliphatic hydroxyl groups is 1. The molecule has 3 rings (SSSR count). The number of hydrogen-bond acceptors (Lipinski definition) is 4. The predicted octanol–water partition coefficient (Wildman–Crippen LogP) is 2.03. The number of aryl methyl sites for hydroxylation is 1. The molecule has 0 saturated carbocycles.